The monoisotopic (exact) mass is 334 g/mol. The van der Waals surface area contributed by atoms with E-state index in [4.69, 9.17) is 0 Å². The van der Waals surface area contributed by atoms with Crippen molar-refractivity contribution in [3.05, 3.63) is 60.2 Å². The Morgan fingerprint density at radius 1 is 0.920 bits per heavy atom. The van der Waals surface area contributed by atoms with Crippen LogP contribution < -0.4 is 0 Å². The van der Waals surface area contributed by atoms with Crippen LogP contribution in [0.3, 0.4) is 0 Å². The molecule has 4 rings (SSSR count). The first-order valence-electron chi connectivity index (χ1n) is 8.30. The average molecular weight is 334 g/mol. The van der Waals surface area contributed by atoms with E-state index in [2.05, 4.69) is 25.1 Å². The number of carbonyl (C=O) groups is 1. The molecule has 1 saturated heterocycles. The summed E-state index contributed by atoms with van der Waals surface area (Å²) in [5.74, 6) is 0.00705. The second kappa shape index (κ2) is 6.90. The van der Waals surface area contributed by atoms with Crippen molar-refractivity contribution >= 4 is 16.9 Å². The van der Waals surface area contributed by atoms with Gasteiger partial charge < -0.3 is 4.90 Å². The Labute approximate surface area is 145 Å². The standard InChI is InChI=1S/C18H18N6O/c25-18(17-20-15-6-1-2-7-16(15)21-22-17)24-11-9-23(10-12-24)13-14-5-3-4-8-19-14/h1-8H,9-13H2. The maximum absolute atomic E-state index is 12.6. The van der Waals surface area contributed by atoms with E-state index in [1.807, 2.05) is 42.5 Å². The molecule has 7 heteroatoms. The summed E-state index contributed by atoms with van der Waals surface area (Å²) >= 11 is 0. The van der Waals surface area contributed by atoms with Crippen LogP contribution in [0.4, 0.5) is 0 Å². The summed E-state index contributed by atoms with van der Waals surface area (Å²) in [5, 5.41) is 8.08. The molecule has 1 amide bonds. The molecule has 1 aliphatic heterocycles. The third-order valence-corrected chi connectivity index (χ3v) is 4.32. The summed E-state index contributed by atoms with van der Waals surface area (Å²) in [7, 11) is 0. The Morgan fingerprint density at radius 3 is 2.44 bits per heavy atom. The number of nitrogens with zero attached hydrogens (tertiary/aromatic N) is 6. The molecule has 1 aromatic carbocycles. The molecule has 0 N–H and O–H groups in total. The van der Waals surface area contributed by atoms with Crippen LogP contribution in [0.25, 0.3) is 11.0 Å². The normalized spacial score (nSPS) is 15.4. The molecule has 0 radical (unpaired) electrons. The number of hydrogen-bond donors (Lipinski definition) is 0. The lowest BCUT2D eigenvalue weighted by atomic mass is 10.2. The van der Waals surface area contributed by atoms with Gasteiger partial charge in [-0.3, -0.25) is 14.7 Å². The number of hydrogen-bond acceptors (Lipinski definition) is 6. The maximum Gasteiger partial charge on any atom is 0.293 e. The molecule has 0 bridgehead atoms. The highest BCUT2D eigenvalue weighted by Gasteiger charge is 2.24. The van der Waals surface area contributed by atoms with E-state index >= 15 is 0 Å². The first-order chi connectivity index (χ1) is 12.3. The van der Waals surface area contributed by atoms with Crippen LogP contribution in [0.5, 0.6) is 0 Å². The Morgan fingerprint density at radius 2 is 1.68 bits per heavy atom. The van der Waals surface area contributed by atoms with Gasteiger partial charge in [-0.15, -0.1) is 10.2 Å². The van der Waals surface area contributed by atoms with Crippen molar-refractivity contribution in [1.82, 2.24) is 30.0 Å². The van der Waals surface area contributed by atoms with Gasteiger partial charge >= 0.3 is 0 Å². The van der Waals surface area contributed by atoms with E-state index in [0.717, 1.165) is 25.3 Å². The summed E-state index contributed by atoms with van der Waals surface area (Å²) in [4.78, 5) is 25.4. The number of rotatable bonds is 3. The van der Waals surface area contributed by atoms with Crippen LogP contribution in [0.1, 0.15) is 16.3 Å². The van der Waals surface area contributed by atoms with Gasteiger partial charge in [0.05, 0.1) is 11.2 Å². The van der Waals surface area contributed by atoms with E-state index in [9.17, 15) is 4.79 Å². The van der Waals surface area contributed by atoms with Crippen LogP contribution >= 0.6 is 0 Å². The molecule has 126 valence electrons. The van der Waals surface area contributed by atoms with Gasteiger partial charge in [-0.1, -0.05) is 18.2 Å². The number of benzene rings is 1. The van der Waals surface area contributed by atoms with Crippen molar-refractivity contribution in [1.29, 1.82) is 0 Å². The molecule has 0 atom stereocenters. The van der Waals surface area contributed by atoms with Crippen LogP contribution in [-0.4, -0.2) is 62.1 Å². The molecular weight excluding hydrogens is 316 g/mol. The molecule has 1 fully saturated rings. The predicted octanol–water partition coefficient (Wildman–Crippen LogP) is 1.38. The number of amides is 1. The van der Waals surface area contributed by atoms with Crippen LogP contribution in [0, 0.1) is 0 Å². The minimum atomic E-state index is -0.157. The third-order valence-electron chi connectivity index (χ3n) is 4.32. The van der Waals surface area contributed by atoms with E-state index < -0.39 is 0 Å². The number of piperazine rings is 1. The van der Waals surface area contributed by atoms with Gasteiger partial charge in [0, 0.05) is 38.9 Å². The second-order valence-electron chi connectivity index (χ2n) is 6.01. The van der Waals surface area contributed by atoms with E-state index in [1.165, 1.54) is 0 Å². The Bertz CT molecular complexity index is 877. The fraction of sp³-hybridized carbons (Fsp3) is 0.278. The zero-order valence-corrected chi connectivity index (χ0v) is 13.7. The molecular formula is C18H18N6O. The summed E-state index contributed by atoms with van der Waals surface area (Å²) < 4.78 is 0. The van der Waals surface area contributed by atoms with Crippen LogP contribution in [0.15, 0.2) is 48.7 Å². The van der Waals surface area contributed by atoms with Gasteiger partial charge in [0.2, 0.25) is 5.82 Å². The molecule has 7 nitrogen and oxygen atoms in total. The molecule has 2 aromatic heterocycles. The quantitative estimate of drug-likeness (QED) is 0.720. The topological polar surface area (TPSA) is 75.1 Å². The first-order valence-corrected chi connectivity index (χ1v) is 8.30. The zero-order valence-electron chi connectivity index (χ0n) is 13.7. The van der Waals surface area contributed by atoms with Gasteiger partial charge in [0.15, 0.2) is 0 Å². The lowest BCUT2D eigenvalue weighted by Gasteiger charge is -2.34. The van der Waals surface area contributed by atoms with Crippen molar-refractivity contribution in [2.75, 3.05) is 26.2 Å². The molecule has 0 spiro atoms. The summed E-state index contributed by atoms with van der Waals surface area (Å²) in [6.45, 7) is 3.73. The van der Waals surface area contributed by atoms with Crippen LogP contribution in [-0.2, 0) is 6.54 Å². The smallest absolute Gasteiger partial charge is 0.293 e. The Balaban J connectivity index is 1.40. The van der Waals surface area contributed by atoms with Crippen molar-refractivity contribution in [2.24, 2.45) is 0 Å². The summed E-state index contributed by atoms with van der Waals surface area (Å²) in [6, 6.07) is 13.4. The Kier molecular flexibility index (Phi) is 4.30. The molecule has 1 aliphatic rings. The second-order valence-corrected chi connectivity index (χ2v) is 6.01. The van der Waals surface area contributed by atoms with Crippen molar-refractivity contribution in [2.45, 2.75) is 6.54 Å². The number of para-hydroxylation sites is 1. The van der Waals surface area contributed by atoms with E-state index in [1.54, 1.807) is 11.1 Å². The number of aromatic nitrogens is 4. The largest absolute Gasteiger partial charge is 0.333 e. The van der Waals surface area contributed by atoms with Crippen LogP contribution in [0.2, 0.25) is 0 Å². The third kappa shape index (κ3) is 3.46. The van der Waals surface area contributed by atoms with Gasteiger partial charge in [0.1, 0.15) is 5.52 Å². The predicted molar refractivity (Wildman–Crippen MR) is 92.8 cm³/mol. The number of fused-ring (bicyclic) bond motifs is 1. The number of carbonyl (C=O) groups excluding carboxylic acids is 1. The fourth-order valence-electron chi connectivity index (χ4n) is 2.94. The number of pyridine rings is 1. The minimum absolute atomic E-state index is 0.157. The van der Waals surface area contributed by atoms with Crippen molar-refractivity contribution in [3.63, 3.8) is 0 Å². The summed E-state index contributed by atoms with van der Waals surface area (Å²) in [5.41, 5.74) is 2.43. The molecule has 0 aliphatic carbocycles. The zero-order chi connectivity index (χ0) is 17.1. The summed E-state index contributed by atoms with van der Waals surface area (Å²) in [6.07, 6.45) is 1.80. The highest BCUT2D eigenvalue weighted by molar-refractivity contribution is 5.92. The van der Waals surface area contributed by atoms with Gasteiger partial charge in [-0.25, -0.2) is 4.98 Å². The highest BCUT2D eigenvalue weighted by Crippen LogP contribution is 2.11. The molecule has 3 aromatic rings. The molecule has 3 heterocycles. The molecule has 25 heavy (non-hydrogen) atoms. The molecule has 0 saturated carbocycles. The van der Waals surface area contributed by atoms with Crippen molar-refractivity contribution in [3.8, 4) is 0 Å². The van der Waals surface area contributed by atoms with Gasteiger partial charge in [-0.2, -0.15) is 0 Å². The van der Waals surface area contributed by atoms with Gasteiger partial charge in [0.25, 0.3) is 5.91 Å². The molecule has 0 unspecified atom stereocenters. The average Bonchev–Trinajstić information content (AvgIpc) is 2.68. The Hall–Kier alpha value is -2.93. The van der Waals surface area contributed by atoms with Gasteiger partial charge in [-0.05, 0) is 24.3 Å². The lowest BCUT2D eigenvalue weighted by molar-refractivity contribution is 0.0614. The van der Waals surface area contributed by atoms with Crippen molar-refractivity contribution < 1.29 is 4.79 Å². The maximum atomic E-state index is 12.6. The lowest BCUT2D eigenvalue weighted by Crippen LogP contribution is -2.48. The minimum Gasteiger partial charge on any atom is -0.333 e. The SMILES string of the molecule is O=C(c1nnc2ccccc2n1)N1CCN(Cc2ccccn2)CC1. The van der Waals surface area contributed by atoms with E-state index in [0.29, 0.717) is 24.1 Å². The first kappa shape index (κ1) is 15.6. The van der Waals surface area contributed by atoms with E-state index in [-0.39, 0.29) is 11.7 Å². The highest BCUT2D eigenvalue weighted by atomic mass is 16.2. The fourth-order valence-corrected chi connectivity index (χ4v) is 2.94.